The van der Waals surface area contributed by atoms with E-state index in [9.17, 15) is 9.59 Å². The van der Waals surface area contributed by atoms with E-state index in [1.165, 1.54) is 6.33 Å². The lowest BCUT2D eigenvalue weighted by Gasteiger charge is -2.10. The van der Waals surface area contributed by atoms with Crippen molar-refractivity contribution in [3.63, 3.8) is 0 Å². The zero-order chi connectivity index (χ0) is 28.2. The maximum atomic E-state index is 12.8. The van der Waals surface area contributed by atoms with Gasteiger partial charge in [-0.1, -0.05) is 48.5 Å². The summed E-state index contributed by atoms with van der Waals surface area (Å²) in [5.41, 5.74) is 5.99. The van der Waals surface area contributed by atoms with E-state index in [-0.39, 0.29) is 5.91 Å². The minimum Gasteiger partial charge on any atom is -0.465 e. The summed E-state index contributed by atoms with van der Waals surface area (Å²) in [5.74, 6) is 0.347. The number of aromatic nitrogens is 2. The number of carboxylic acid groups (broad SMARTS) is 1. The second-order valence-electron chi connectivity index (χ2n) is 9.41. The first-order valence-electron chi connectivity index (χ1n) is 13.0. The zero-order valence-corrected chi connectivity index (χ0v) is 21.8. The Bertz CT molecular complexity index is 1880. The van der Waals surface area contributed by atoms with Gasteiger partial charge in [-0.3, -0.25) is 4.79 Å². The molecule has 9 nitrogen and oxygen atoms in total. The fraction of sp³-hybridized carbons (Fsp3) is 0.0625. The first-order chi connectivity index (χ1) is 20.0. The van der Waals surface area contributed by atoms with Gasteiger partial charge in [0.2, 0.25) is 0 Å². The molecule has 2 aromatic heterocycles. The first-order valence-corrected chi connectivity index (χ1v) is 13.0. The molecule has 4 N–H and O–H groups in total. The van der Waals surface area contributed by atoms with Crippen LogP contribution in [0.5, 0.6) is 0 Å². The number of carbonyl (C=O) groups excluding carboxylic acids is 1. The average Bonchev–Trinajstić information content (AvgIpc) is 3.37. The third-order valence-electron chi connectivity index (χ3n) is 6.65. The van der Waals surface area contributed by atoms with Gasteiger partial charge in [-0.05, 0) is 54.4 Å². The molecule has 2 heterocycles. The molecule has 41 heavy (non-hydrogen) atoms. The first kappa shape index (κ1) is 25.6. The number of benzene rings is 4. The summed E-state index contributed by atoms with van der Waals surface area (Å²) >= 11 is 0. The fourth-order valence-electron chi connectivity index (χ4n) is 4.68. The highest BCUT2D eigenvalue weighted by molar-refractivity contribution is 6.09. The molecule has 6 rings (SSSR count). The van der Waals surface area contributed by atoms with Gasteiger partial charge < -0.3 is 25.5 Å². The highest BCUT2D eigenvalue weighted by Gasteiger charge is 2.13. The number of rotatable bonds is 8. The third-order valence-corrected chi connectivity index (χ3v) is 6.65. The van der Waals surface area contributed by atoms with Crippen molar-refractivity contribution in [1.29, 1.82) is 0 Å². The lowest BCUT2D eigenvalue weighted by Crippen LogP contribution is -2.23. The van der Waals surface area contributed by atoms with Crippen LogP contribution in [0, 0.1) is 0 Å². The average molecular weight is 544 g/mol. The monoisotopic (exact) mass is 543 g/mol. The van der Waals surface area contributed by atoms with Gasteiger partial charge in [0.25, 0.3) is 5.91 Å². The Balaban J connectivity index is 1.16. The molecular weight excluding hydrogens is 518 g/mol. The Kier molecular flexibility index (Phi) is 6.98. The van der Waals surface area contributed by atoms with Gasteiger partial charge in [-0.2, -0.15) is 0 Å². The van der Waals surface area contributed by atoms with Crippen LogP contribution in [0.25, 0.3) is 33.2 Å². The van der Waals surface area contributed by atoms with Crippen molar-refractivity contribution in [2.24, 2.45) is 0 Å². The van der Waals surface area contributed by atoms with Gasteiger partial charge in [0.15, 0.2) is 0 Å². The van der Waals surface area contributed by atoms with Crippen LogP contribution in [-0.4, -0.2) is 33.6 Å². The van der Waals surface area contributed by atoms with E-state index in [4.69, 9.17) is 9.52 Å². The topological polar surface area (TPSA) is 129 Å². The van der Waals surface area contributed by atoms with Crippen LogP contribution in [0.15, 0.2) is 108 Å². The maximum absolute atomic E-state index is 12.8. The van der Waals surface area contributed by atoms with E-state index in [1.807, 2.05) is 84.9 Å². The number of hydrogen-bond acceptors (Lipinski definition) is 6. The fourth-order valence-corrected chi connectivity index (χ4v) is 4.68. The molecular formula is C32H25N5O4. The zero-order valence-electron chi connectivity index (χ0n) is 21.8. The number of nitrogens with one attached hydrogen (secondary N) is 3. The van der Waals surface area contributed by atoms with Gasteiger partial charge in [-0.15, -0.1) is 0 Å². The second-order valence-corrected chi connectivity index (χ2v) is 9.41. The lowest BCUT2D eigenvalue weighted by molar-refractivity contribution is 0.102. The van der Waals surface area contributed by atoms with Crippen LogP contribution in [0.1, 0.15) is 15.9 Å². The number of fused-ring (bicyclic) bond motifs is 3. The van der Waals surface area contributed by atoms with Crippen molar-refractivity contribution >= 4 is 51.1 Å². The Morgan fingerprint density at radius 2 is 1.59 bits per heavy atom. The molecule has 0 radical (unpaired) electrons. The molecule has 9 heteroatoms. The molecule has 0 aliphatic rings. The van der Waals surface area contributed by atoms with E-state index in [1.54, 1.807) is 12.1 Å². The van der Waals surface area contributed by atoms with Crippen LogP contribution in [0.3, 0.4) is 0 Å². The van der Waals surface area contributed by atoms with Crippen molar-refractivity contribution in [2.45, 2.75) is 6.42 Å². The molecule has 0 aliphatic carbocycles. The molecule has 0 atom stereocenters. The third kappa shape index (κ3) is 5.69. The highest BCUT2D eigenvalue weighted by Crippen LogP contribution is 2.35. The minimum atomic E-state index is -1.06. The van der Waals surface area contributed by atoms with E-state index >= 15 is 0 Å². The molecule has 2 amide bonds. The molecule has 0 unspecified atom stereocenters. The van der Waals surface area contributed by atoms with Crippen molar-refractivity contribution in [2.75, 3.05) is 17.2 Å². The summed E-state index contributed by atoms with van der Waals surface area (Å²) < 4.78 is 6.17. The van der Waals surface area contributed by atoms with Gasteiger partial charge in [0, 0.05) is 45.9 Å². The maximum Gasteiger partial charge on any atom is 0.404 e. The van der Waals surface area contributed by atoms with Crippen LogP contribution in [-0.2, 0) is 6.42 Å². The van der Waals surface area contributed by atoms with Crippen LogP contribution >= 0.6 is 0 Å². The number of anilines is 3. The number of furan rings is 1. The molecule has 4 aromatic carbocycles. The van der Waals surface area contributed by atoms with E-state index in [2.05, 4.69) is 25.9 Å². The summed E-state index contributed by atoms with van der Waals surface area (Å²) in [6.45, 7) is 0.310. The molecule has 6 aromatic rings. The Morgan fingerprint density at radius 3 is 2.44 bits per heavy atom. The highest BCUT2D eigenvalue weighted by atomic mass is 16.4. The standard InChI is InChI=1S/C32H25N5O4/c38-31(21-13-11-20(12-14-21)15-16-33-32(39)40)37-23-6-3-5-22(17-23)36-29-18-27(34-19-35-29)26-9-4-8-25-24-7-1-2-10-28(24)41-30(25)26/h1-14,17-19,33H,15-16H2,(H,37,38)(H,39,40)(H,34,35,36). The summed E-state index contributed by atoms with van der Waals surface area (Å²) in [4.78, 5) is 32.3. The van der Waals surface area contributed by atoms with E-state index in [0.717, 1.165) is 44.4 Å². The molecule has 0 saturated carbocycles. The van der Waals surface area contributed by atoms with Gasteiger partial charge in [-0.25, -0.2) is 14.8 Å². The molecule has 0 spiro atoms. The Hall–Kier alpha value is -5.70. The molecule has 0 fully saturated rings. The lowest BCUT2D eigenvalue weighted by atomic mass is 10.1. The van der Waals surface area contributed by atoms with Crippen LogP contribution in [0.2, 0.25) is 0 Å². The summed E-state index contributed by atoms with van der Waals surface area (Å²) in [6.07, 6.45) is 0.991. The van der Waals surface area contributed by atoms with Crippen molar-refractivity contribution < 1.29 is 19.1 Å². The number of hydrogen-bond donors (Lipinski definition) is 4. The quantitative estimate of drug-likeness (QED) is 0.165. The predicted octanol–water partition coefficient (Wildman–Crippen LogP) is 6.85. The second kappa shape index (κ2) is 11.2. The van der Waals surface area contributed by atoms with Gasteiger partial charge >= 0.3 is 6.09 Å². The normalized spacial score (nSPS) is 10.9. The minimum absolute atomic E-state index is 0.249. The van der Waals surface area contributed by atoms with E-state index in [0.29, 0.717) is 30.0 Å². The molecule has 202 valence electrons. The SMILES string of the molecule is O=C(O)NCCc1ccc(C(=O)Nc2cccc(Nc3cc(-c4cccc5c4oc4ccccc45)ncn3)c2)cc1. The Labute approximate surface area is 234 Å². The van der Waals surface area contributed by atoms with Gasteiger partial charge in [0.05, 0.1) is 5.69 Å². The van der Waals surface area contributed by atoms with Gasteiger partial charge in [0.1, 0.15) is 23.3 Å². The van der Waals surface area contributed by atoms with E-state index < -0.39 is 6.09 Å². The smallest absolute Gasteiger partial charge is 0.404 e. The van der Waals surface area contributed by atoms with Crippen LogP contribution in [0.4, 0.5) is 22.0 Å². The van der Waals surface area contributed by atoms with Crippen LogP contribution < -0.4 is 16.0 Å². The van der Waals surface area contributed by atoms with Crippen molar-refractivity contribution in [3.05, 3.63) is 115 Å². The number of nitrogens with zero attached hydrogens (tertiary/aromatic N) is 2. The summed E-state index contributed by atoms with van der Waals surface area (Å²) in [6, 6.07) is 30.2. The number of carbonyl (C=O) groups is 2. The number of para-hydroxylation sites is 2. The Morgan fingerprint density at radius 1 is 0.805 bits per heavy atom. The van der Waals surface area contributed by atoms with Crippen molar-refractivity contribution in [1.82, 2.24) is 15.3 Å². The largest absolute Gasteiger partial charge is 0.465 e. The number of amides is 2. The molecule has 0 saturated heterocycles. The molecule has 0 bridgehead atoms. The summed E-state index contributed by atoms with van der Waals surface area (Å²) in [5, 5.41) is 19.3. The summed E-state index contributed by atoms with van der Waals surface area (Å²) in [7, 11) is 0. The van der Waals surface area contributed by atoms with Crippen molar-refractivity contribution in [3.8, 4) is 11.3 Å². The molecule has 0 aliphatic heterocycles. The predicted molar refractivity (Wildman–Crippen MR) is 159 cm³/mol.